The summed E-state index contributed by atoms with van der Waals surface area (Å²) in [6.07, 6.45) is 5.53. The lowest BCUT2D eigenvalue weighted by atomic mass is 9.69. The van der Waals surface area contributed by atoms with Crippen molar-refractivity contribution < 1.29 is 14.3 Å². The van der Waals surface area contributed by atoms with Crippen LogP contribution in [0.3, 0.4) is 0 Å². The van der Waals surface area contributed by atoms with Crippen molar-refractivity contribution in [3.63, 3.8) is 0 Å². The lowest BCUT2D eigenvalue weighted by Crippen LogP contribution is -2.54. The second-order valence-electron chi connectivity index (χ2n) is 15.1. The van der Waals surface area contributed by atoms with Gasteiger partial charge in [0.1, 0.15) is 5.66 Å². The minimum atomic E-state index is -0.574. The number of nitrogens with one attached hydrogen (secondary N) is 2. The van der Waals surface area contributed by atoms with E-state index in [0.717, 1.165) is 44.1 Å². The molecule has 44 heavy (non-hydrogen) atoms. The van der Waals surface area contributed by atoms with Crippen molar-refractivity contribution in [1.29, 1.82) is 0 Å². The molecule has 2 amide bonds. The van der Waals surface area contributed by atoms with Gasteiger partial charge in [0.25, 0.3) is 11.8 Å². The molecule has 0 radical (unpaired) electrons. The lowest BCUT2D eigenvalue weighted by molar-refractivity contribution is -0.134. The number of amidine groups is 1. The van der Waals surface area contributed by atoms with Crippen molar-refractivity contribution in [2.24, 2.45) is 21.7 Å². The highest BCUT2D eigenvalue weighted by Gasteiger charge is 2.54. The molecule has 1 aromatic carbocycles. The highest BCUT2D eigenvalue weighted by Crippen LogP contribution is 2.50. The molecular weight excluding hydrogens is 556 g/mol. The Kier molecular flexibility index (Phi) is 9.16. The van der Waals surface area contributed by atoms with Crippen LogP contribution in [0, 0.1) is 16.7 Å². The number of tetrazole rings is 1. The first-order valence-corrected chi connectivity index (χ1v) is 16.2. The molecule has 11 heteroatoms. The van der Waals surface area contributed by atoms with Gasteiger partial charge in [-0.1, -0.05) is 58.9 Å². The molecule has 11 nitrogen and oxygen atoms in total. The molecule has 0 bridgehead atoms. The number of hydrogen-bond donors (Lipinski definition) is 2. The maximum atomic E-state index is 14.6. The molecule has 5 rings (SSSR count). The third-order valence-corrected chi connectivity index (χ3v) is 9.66. The molecule has 3 aliphatic rings. The number of aromatic nitrogens is 4. The van der Waals surface area contributed by atoms with Gasteiger partial charge in [-0.3, -0.25) is 9.59 Å². The second-order valence-corrected chi connectivity index (χ2v) is 15.1. The van der Waals surface area contributed by atoms with Crippen molar-refractivity contribution in [2.45, 2.75) is 111 Å². The fourth-order valence-corrected chi connectivity index (χ4v) is 6.94. The summed E-state index contributed by atoms with van der Waals surface area (Å²) in [7, 11) is 0. The monoisotopic (exact) mass is 606 g/mol. The van der Waals surface area contributed by atoms with E-state index < -0.39 is 5.66 Å². The van der Waals surface area contributed by atoms with Crippen molar-refractivity contribution in [1.82, 2.24) is 35.7 Å². The highest BCUT2D eigenvalue weighted by molar-refractivity contribution is 6.39. The van der Waals surface area contributed by atoms with E-state index >= 15 is 0 Å². The number of morpholine rings is 1. The van der Waals surface area contributed by atoms with Gasteiger partial charge in [-0.2, -0.15) is 5.21 Å². The molecule has 2 N–H and O–H groups in total. The van der Waals surface area contributed by atoms with Crippen molar-refractivity contribution in [3.05, 3.63) is 41.2 Å². The fraction of sp³-hybridized carbons (Fsp3) is 0.697. The van der Waals surface area contributed by atoms with Gasteiger partial charge in [-0.05, 0) is 79.9 Å². The SMILES string of the molecule is C[C@@H]1COCCN1C1=NC2(CCC(C(C)(C)C)CC2)N([C@H](CCC(C)(C)C)c2ccc(C(=O)NCc3nn[nH]n3)cc2)C1=O. The largest absolute Gasteiger partial charge is 0.377 e. The Morgan fingerprint density at radius 3 is 2.43 bits per heavy atom. The zero-order valence-electron chi connectivity index (χ0n) is 27.5. The van der Waals surface area contributed by atoms with Crippen LogP contribution in [0.25, 0.3) is 0 Å². The summed E-state index contributed by atoms with van der Waals surface area (Å²) in [5.74, 6) is 1.40. The molecule has 1 aliphatic carbocycles. The molecular formula is C33H50N8O3. The molecule has 240 valence electrons. The van der Waals surface area contributed by atoms with E-state index in [4.69, 9.17) is 9.73 Å². The predicted octanol–water partition coefficient (Wildman–Crippen LogP) is 4.89. The minimum absolute atomic E-state index is 0.0220. The van der Waals surface area contributed by atoms with Crippen molar-refractivity contribution >= 4 is 17.6 Å². The Morgan fingerprint density at radius 2 is 1.84 bits per heavy atom. The van der Waals surface area contributed by atoms with Crippen LogP contribution in [0.1, 0.15) is 115 Å². The number of carbonyl (C=O) groups is 2. The summed E-state index contributed by atoms with van der Waals surface area (Å²) in [4.78, 5) is 37.2. The normalized spacial score (nSPS) is 25.3. The molecule has 2 fully saturated rings. The first-order chi connectivity index (χ1) is 20.8. The van der Waals surface area contributed by atoms with E-state index in [2.05, 4.69) is 84.2 Å². The number of aromatic amines is 1. The number of rotatable bonds is 7. The Bertz CT molecular complexity index is 1320. The third-order valence-electron chi connectivity index (χ3n) is 9.66. The molecule has 2 aromatic rings. The quantitative estimate of drug-likeness (QED) is 0.459. The minimum Gasteiger partial charge on any atom is -0.377 e. The van der Waals surface area contributed by atoms with E-state index in [1.165, 1.54) is 0 Å². The van der Waals surface area contributed by atoms with Gasteiger partial charge >= 0.3 is 0 Å². The van der Waals surface area contributed by atoms with Gasteiger partial charge in [0.2, 0.25) is 0 Å². The van der Waals surface area contributed by atoms with Gasteiger partial charge in [0, 0.05) is 12.1 Å². The molecule has 3 heterocycles. The van der Waals surface area contributed by atoms with Crippen LogP contribution in [0.2, 0.25) is 0 Å². The number of nitrogens with zero attached hydrogens (tertiary/aromatic N) is 6. The summed E-state index contributed by atoms with van der Waals surface area (Å²) >= 11 is 0. The highest BCUT2D eigenvalue weighted by atomic mass is 16.5. The Hall–Kier alpha value is -3.34. The van der Waals surface area contributed by atoms with Crippen LogP contribution < -0.4 is 5.32 Å². The molecule has 0 unspecified atom stereocenters. The average molecular weight is 607 g/mol. The molecule has 1 aromatic heterocycles. The summed E-state index contributed by atoms with van der Waals surface area (Å²) in [6, 6.07) is 7.64. The second kappa shape index (κ2) is 12.6. The number of amides is 2. The zero-order chi connectivity index (χ0) is 31.7. The van der Waals surface area contributed by atoms with Gasteiger partial charge < -0.3 is 19.9 Å². The standard InChI is InChI=1S/C33H50N8O3/c1-22-21-44-19-18-40(22)28-30(43)41(33(35-28)16-12-25(13-17-33)32(5,6)7)26(14-15-31(2,3)4)23-8-10-24(11-9-23)29(42)34-20-27-36-38-39-37-27/h8-11,22,25-26H,12-21H2,1-7H3,(H,34,42)(H,36,37,38,39)/t22-,25?,26-,33?/m1/s1. The van der Waals surface area contributed by atoms with Gasteiger partial charge in [0.15, 0.2) is 11.7 Å². The molecule has 1 spiro atoms. The topological polar surface area (TPSA) is 129 Å². The number of aliphatic imine (C=N–C) groups is 1. The zero-order valence-corrected chi connectivity index (χ0v) is 27.5. The van der Waals surface area contributed by atoms with E-state index in [-0.39, 0.29) is 41.3 Å². The summed E-state index contributed by atoms with van der Waals surface area (Å²) in [5, 5.41) is 16.6. The molecule has 2 aliphatic heterocycles. The Balaban J connectivity index is 1.47. The molecule has 2 atom stereocenters. The Labute approximate surface area is 261 Å². The third kappa shape index (κ3) is 6.98. The lowest BCUT2D eigenvalue weighted by Gasteiger charge is -2.47. The number of hydrogen-bond acceptors (Lipinski definition) is 8. The van der Waals surface area contributed by atoms with Crippen LogP contribution >= 0.6 is 0 Å². The van der Waals surface area contributed by atoms with Crippen molar-refractivity contribution in [3.8, 4) is 0 Å². The smallest absolute Gasteiger partial charge is 0.291 e. The average Bonchev–Trinajstić information content (AvgIpc) is 3.59. The first kappa shape index (κ1) is 32.1. The van der Waals surface area contributed by atoms with Gasteiger partial charge in [0.05, 0.1) is 31.8 Å². The number of H-pyrrole nitrogens is 1. The fourth-order valence-electron chi connectivity index (χ4n) is 6.94. The van der Waals surface area contributed by atoms with Crippen molar-refractivity contribution in [2.75, 3.05) is 19.8 Å². The maximum absolute atomic E-state index is 14.6. The van der Waals surface area contributed by atoms with E-state index in [0.29, 0.717) is 42.9 Å². The number of ether oxygens (including phenoxy) is 1. The van der Waals surface area contributed by atoms with E-state index in [1.54, 1.807) is 0 Å². The first-order valence-electron chi connectivity index (χ1n) is 16.2. The van der Waals surface area contributed by atoms with Crippen LogP contribution in [-0.4, -0.2) is 79.5 Å². The van der Waals surface area contributed by atoms with Gasteiger partial charge in [-0.25, -0.2) is 4.99 Å². The number of benzene rings is 1. The van der Waals surface area contributed by atoms with E-state index in [1.807, 2.05) is 24.3 Å². The summed E-state index contributed by atoms with van der Waals surface area (Å²) < 4.78 is 5.72. The molecule has 1 saturated heterocycles. The number of carbonyl (C=O) groups excluding carboxylic acids is 2. The van der Waals surface area contributed by atoms with Crippen LogP contribution in [0.5, 0.6) is 0 Å². The predicted molar refractivity (Wildman–Crippen MR) is 169 cm³/mol. The van der Waals surface area contributed by atoms with E-state index in [9.17, 15) is 9.59 Å². The van der Waals surface area contributed by atoms with Gasteiger partial charge in [-0.15, -0.1) is 10.2 Å². The Morgan fingerprint density at radius 1 is 1.14 bits per heavy atom. The summed E-state index contributed by atoms with van der Waals surface area (Å²) in [5.41, 5.74) is 1.30. The van der Waals surface area contributed by atoms with Crippen LogP contribution in [0.4, 0.5) is 0 Å². The van der Waals surface area contributed by atoms with Crippen LogP contribution in [-0.2, 0) is 16.1 Å². The maximum Gasteiger partial charge on any atom is 0.291 e. The molecule has 1 saturated carbocycles. The summed E-state index contributed by atoms with van der Waals surface area (Å²) in [6.45, 7) is 17.9. The van der Waals surface area contributed by atoms with Crippen LogP contribution in [0.15, 0.2) is 29.3 Å².